The van der Waals surface area contributed by atoms with E-state index in [9.17, 15) is 0 Å². The summed E-state index contributed by atoms with van der Waals surface area (Å²) in [6, 6.07) is 3.67. The van der Waals surface area contributed by atoms with Crippen LogP contribution in [0.3, 0.4) is 0 Å². The van der Waals surface area contributed by atoms with Gasteiger partial charge in [-0.05, 0) is 11.0 Å². The lowest BCUT2D eigenvalue weighted by atomic mass is 9.99. The molecule has 0 saturated heterocycles. The van der Waals surface area contributed by atoms with Gasteiger partial charge < -0.3 is 4.74 Å². The van der Waals surface area contributed by atoms with E-state index < -0.39 is 0 Å². The lowest BCUT2D eigenvalue weighted by Crippen LogP contribution is -2.28. The third kappa shape index (κ3) is 4.23. The Hall–Kier alpha value is -1.09. The van der Waals surface area contributed by atoms with Crippen molar-refractivity contribution >= 4 is 0 Å². The standard InChI is InChI=1S/C11H18NO2/c1-11(2,3)9-14-8-10-4-6-12(13)7-5-10/h4-7,13H,8-9H2,1-3H3/q+1. The summed E-state index contributed by atoms with van der Waals surface area (Å²) in [6.07, 6.45) is 3.19. The number of ether oxygens (including phenoxy) is 1. The summed E-state index contributed by atoms with van der Waals surface area (Å²) in [5.41, 5.74) is 1.27. The molecule has 0 saturated carbocycles. The Kier molecular flexibility index (Phi) is 3.47. The van der Waals surface area contributed by atoms with E-state index in [4.69, 9.17) is 9.94 Å². The van der Waals surface area contributed by atoms with Crippen LogP contribution in [0.25, 0.3) is 0 Å². The minimum Gasteiger partial charge on any atom is -0.376 e. The van der Waals surface area contributed by atoms with Crippen LogP contribution in [0.1, 0.15) is 26.3 Å². The van der Waals surface area contributed by atoms with Crippen molar-refractivity contribution in [2.45, 2.75) is 27.4 Å². The lowest BCUT2D eigenvalue weighted by Gasteiger charge is -2.17. The monoisotopic (exact) mass is 196 g/mol. The normalized spacial score (nSPS) is 11.6. The Morgan fingerprint density at radius 2 is 1.86 bits per heavy atom. The summed E-state index contributed by atoms with van der Waals surface area (Å²) in [4.78, 5) is 0. The zero-order valence-electron chi connectivity index (χ0n) is 9.03. The average Bonchev–Trinajstić information content (AvgIpc) is 2.06. The summed E-state index contributed by atoms with van der Waals surface area (Å²) in [6.45, 7) is 7.75. The molecule has 1 rings (SSSR count). The zero-order valence-corrected chi connectivity index (χ0v) is 9.03. The van der Waals surface area contributed by atoms with Crippen molar-refractivity contribution in [1.29, 1.82) is 0 Å². The number of hydrogen-bond acceptors (Lipinski definition) is 2. The molecule has 0 aromatic carbocycles. The van der Waals surface area contributed by atoms with Crippen molar-refractivity contribution in [3.63, 3.8) is 0 Å². The number of hydrogen-bond donors (Lipinski definition) is 1. The van der Waals surface area contributed by atoms with E-state index >= 15 is 0 Å². The molecule has 0 aliphatic carbocycles. The van der Waals surface area contributed by atoms with Crippen molar-refractivity contribution in [2.24, 2.45) is 5.41 Å². The second-order valence-electron chi connectivity index (χ2n) is 4.64. The van der Waals surface area contributed by atoms with Gasteiger partial charge in [0.1, 0.15) is 0 Å². The highest BCUT2D eigenvalue weighted by Crippen LogP contribution is 2.13. The molecule has 0 aliphatic rings. The zero-order chi connectivity index (χ0) is 10.6. The largest absolute Gasteiger partial charge is 0.376 e. The van der Waals surface area contributed by atoms with Gasteiger partial charge in [0.25, 0.3) is 0 Å². The van der Waals surface area contributed by atoms with Crippen LogP contribution >= 0.6 is 0 Å². The first-order valence-corrected chi connectivity index (χ1v) is 4.74. The van der Waals surface area contributed by atoms with Gasteiger partial charge in [-0.25, -0.2) is 0 Å². The van der Waals surface area contributed by atoms with Gasteiger partial charge in [-0.15, -0.1) is 0 Å². The molecule has 78 valence electrons. The number of pyridine rings is 1. The van der Waals surface area contributed by atoms with Crippen LogP contribution in [0.15, 0.2) is 24.5 Å². The van der Waals surface area contributed by atoms with E-state index in [0.717, 1.165) is 16.9 Å². The van der Waals surface area contributed by atoms with E-state index in [1.165, 1.54) is 0 Å². The maximum absolute atomic E-state index is 8.99. The van der Waals surface area contributed by atoms with Crippen molar-refractivity contribution < 1.29 is 14.7 Å². The summed E-state index contributed by atoms with van der Waals surface area (Å²) in [5, 5.41) is 8.99. The molecular formula is C11H18NO2+. The SMILES string of the molecule is CC(C)(C)COCc1cc[n+](O)cc1. The van der Waals surface area contributed by atoms with Crippen molar-refractivity contribution in [3.8, 4) is 0 Å². The molecule has 1 aromatic heterocycles. The highest BCUT2D eigenvalue weighted by atomic mass is 16.5. The summed E-state index contributed by atoms with van der Waals surface area (Å²) >= 11 is 0. The average molecular weight is 196 g/mol. The number of nitrogens with zero attached hydrogens (tertiary/aromatic N) is 1. The minimum absolute atomic E-state index is 0.200. The highest BCUT2D eigenvalue weighted by molar-refractivity contribution is 5.05. The molecule has 1 heterocycles. The van der Waals surface area contributed by atoms with E-state index in [1.54, 1.807) is 12.4 Å². The molecule has 0 bridgehead atoms. The Balaban J connectivity index is 2.35. The van der Waals surface area contributed by atoms with Crippen LogP contribution in [0.2, 0.25) is 0 Å². The minimum atomic E-state index is 0.200. The second-order valence-corrected chi connectivity index (χ2v) is 4.64. The first-order chi connectivity index (χ1) is 6.47. The predicted molar refractivity (Wildman–Crippen MR) is 52.9 cm³/mol. The number of rotatable bonds is 3. The Bertz CT molecular complexity index is 274. The molecule has 3 nitrogen and oxygen atoms in total. The quantitative estimate of drug-likeness (QED) is 0.590. The molecule has 3 heteroatoms. The molecule has 0 spiro atoms. The highest BCUT2D eigenvalue weighted by Gasteiger charge is 2.10. The topological polar surface area (TPSA) is 33.3 Å². The van der Waals surface area contributed by atoms with Crippen LogP contribution in [0, 0.1) is 5.41 Å². The van der Waals surface area contributed by atoms with Crippen LogP contribution in [0.4, 0.5) is 0 Å². The van der Waals surface area contributed by atoms with Gasteiger partial charge in [0, 0.05) is 16.9 Å². The third-order valence-electron chi connectivity index (χ3n) is 1.69. The second kappa shape index (κ2) is 4.42. The molecule has 0 aliphatic heterocycles. The van der Waals surface area contributed by atoms with Gasteiger partial charge >= 0.3 is 0 Å². The van der Waals surface area contributed by atoms with E-state index in [0.29, 0.717) is 6.61 Å². The summed E-state index contributed by atoms with van der Waals surface area (Å²) < 4.78 is 6.55. The van der Waals surface area contributed by atoms with Crippen molar-refractivity contribution in [2.75, 3.05) is 6.61 Å². The van der Waals surface area contributed by atoms with Gasteiger partial charge in [-0.1, -0.05) is 20.8 Å². The van der Waals surface area contributed by atoms with Crippen LogP contribution in [-0.4, -0.2) is 11.8 Å². The van der Waals surface area contributed by atoms with Gasteiger partial charge in [0.15, 0.2) is 0 Å². The fourth-order valence-corrected chi connectivity index (χ4v) is 1.02. The van der Waals surface area contributed by atoms with Crippen LogP contribution < -0.4 is 4.73 Å². The Labute approximate surface area is 84.9 Å². The van der Waals surface area contributed by atoms with Crippen LogP contribution in [-0.2, 0) is 11.3 Å². The molecule has 0 amide bonds. The maximum Gasteiger partial charge on any atom is 0.222 e. The van der Waals surface area contributed by atoms with Crippen molar-refractivity contribution in [1.82, 2.24) is 0 Å². The molecule has 14 heavy (non-hydrogen) atoms. The molecular weight excluding hydrogens is 178 g/mol. The molecule has 1 N–H and O–H groups in total. The first-order valence-electron chi connectivity index (χ1n) is 4.74. The Morgan fingerprint density at radius 1 is 1.29 bits per heavy atom. The predicted octanol–water partition coefficient (Wildman–Crippen LogP) is 1.77. The molecule has 1 aromatic rings. The van der Waals surface area contributed by atoms with E-state index in [-0.39, 0.29) is 5.41 Å². The summed E-state index contributed by atoms with van der Waals surface area (Å²) in [5.74, 6) is 0. The molecule has 0 atom stereocenters. The molecule has 0 unspecified atom stereocenters. The lowest BCUT2D eigenvalue weighted by molar-refractivity contribution is -0.904. The Morgan fingerprint density at radius 3 is 2.36 bits per heavy atom. The maximum atomic E-state index is 8.99. The van der Waals surface area contributed by atoms with E-state index in [1.807, 2.05) is 12.1 Å². The van der Waals surface area contributed by atoms with Gasteiger partial charge in [-0.3, -0.25) is 5.21 Å². The third-order valence-corrected chi connectivity index (χ3v) is 1.69. The van der Waals surface area contributed by atoms with Crippen molar-refractivity contribution in [3.05, 3.63) is 30.1 Å². The fraction of sp³-hybridized carbons (Fsp3) is 0.545. The van der Waals surface area contributed by atoms with Gasteiger partial charge in [-0.2, -0.15) is 0 Å². The van der Waals surface area contributed by atoms with Gasteiger partial charge in [0.2, 0.25) is 12.4 Å². The first kappa shape index (κ1) is 11.0. The molecule has 0 radical (unpaired) electrons. The molecule has 0 fully saturated rings. The van der Waals surface area contributed by atoms with Gasteiger partial charge in [0.05, 0.1) is 13.2 Å². The van der Waals surface area contributed by atoms with E-state index in [2.05, 4.69) is 20.8 Å². The fourth-order valence-electron chi connectivity index (χ4n) is 1.02. The van der Waals surface area contributed by atoms with Crippen LogP contribution in [0.5, 0.6) is 0 Å². The summed E-state index contributed by atoms with van der Waals surface area (Å²) in [7, 11) is 0. The smallest absolute Gasteiger partial charge is 0.222 e. The number of aromatic nitrogens is 1.